The Morgan fingerprint density at radius 3 is 2.48 bits per heavy atom. The summed E-state index contributed by atoms with van der Waals surface area (Å²) in [5, 5.41) is 4.47. The molecular weight excluding hydrogens is 340 g/mol. The molecule has 1 aromatic heterocycles. The molecule has 0 spiro atoms. The molecule has 1 aromatic rings. The van der Waals surface area contributed by atoms with Gasteiger partial charge in [-0.3, -0.25) is 9.36 Å². The number of hydrogen-bond donors (Lipinski definition) is 0. The van der Waals surface area contributed by atoms with E-state index in [2.05, 4.69) is 30.4 Å². The minimum atomic E-state index is -0.322. The number of likely N-dealkylation sites (tertiary alicyclic amines) is 1. The summed E-state index contributed by atoms with van der Waals surface area (Å²) in [5.41, 5.74) is 0.865. The first-order chi connectivity index (χ1) is 12.7. The van der Waals surface area contributed by atoms with Gasteiger partial charge in [-0.1, -0.05) is 26.0 Å². The van der Waals surface area contributed by atoms with Crippen molar-refractivity contribution in [3.05, 3.63) is 28.5 Å². The first-order valence-corrected chi connectivity index (χ1v) is 10.4. The maximum Gasteiger partial charge on any atom is 0.345 e. The van der Waals surface area contributed by atoms with Crippen LogP contribution in [0.3, 0.4) is 0 Å². The van der Waals surface area contributed by atoms with Crippen molar-refractivity contribution in [3.8, 4) is 0 Å². The van der Waals surface area contributed by atoms with Crippen LogP contribution in [0, 0.1) is 16.7 Å². The van der Waals surface area contributed by atoms with Crippen molar-refractivity contribution in [2.45, 2.75) is 65.3 Å². The highest BCUT2D eigenvalue weighted by Crippen LogP contribution is 2.66. The van der Waals surface area contributed by atoms with Crippen LogP contribution >= 0.6 is 0 Å². The molecule has 4 rings (SSSR count). The minimum absolute atomic E-state index is 0.0496. The number of carbonyl (C=O) groups excluding carboxylic acids is 1. The number of aromatic nitrogens is 3. The number of hydrogen-bond acceptors (Lipinski definition) is 3. The van der Waals surface area contributed by atoms with Crippen LogP contribution in [0.2, 0.25) is 0 Å². The number of amides is 1. The Kier molecular flexibility index (Phi) is 4.17. The zero-order valence-corrected chi connectivity index (χ0v) is 17.1. The number of aryl methyl sites for hydroxylation is 1. The van der Waals surface area contributed by atoms with Crippen LogP contribution in [-0.4, -0.2) is 38.2 Å². The van der Waals surface area contributed by atoms with Crippen molar-refractivity contribution in [2.75, 3.05) is 13.1 Å². The third-order valence-electron chi connectivity index (χ3n) is 7.80. The van der Waals surface area contributed by atoms with Gasteiger partial charge in [0.25, 0.3) is 0 Å². The topological polar surface area (TPSA) is 60.1 Å². The molecule has 0 unspecified atom stereocenters. The summed E-state index contributed by atoms with van der Waals surface area (Å²) in [6.45, 7) is 13.0. The van der Waals surface area contributed by atoms with Crippen LogP contribution in [0.1, 0.15) is 64.6 Å². The highest BCUT2D eigenvalue weighted by atomic mass is 16.2. The van der Waals surface area contributed by atoms with Gasteiger partial charge in [0.1, 0.15) is 5.82 Å². The van der Waals surface area contributed by atoms with E-state index in [1.807, 2.05) is 6.92 Å². The van der Waals surface area contributed by atoms with E-state index in [9.17, 15) is 9.59 Å². The van der Waals surface area contributed by atoms with Gasteiger partial charge >= 0.3 is 5.69 Å². The summed E-state index contributed by atoms with van der Waals surface area (Å²) in [5.74, 6) is 2.02. The molecule has 0 N–H and O–H groups in total. The second kappa shape index (κ2) is 6.08. The van der Waals surface area contributed by atoms with E-state index in [1.54, 1.807) is 11.6 Å². The smallest absolute Gasteiger partial charge is 0.342 e. The molecule has 2 bridgehead atoms. The van der Waals surface area contributed by atoms with Crippen molar-refractivity contribution in [2.24, 2.45) is 23.8 Å². The molecule has 27 heavy (non-hydrogen) atoms. The SMILES string of the molecule is C=C1C(C)(C)[C@H]2CC[C@]1(C(=O)N1CCC(c3nn(C)c(=O)n3CC)CC1)C2. The van der Waals surface area contributed by atoms with E-state index in [0.29, 0.717) is 18.4 Å². The van der Waals surface area contributed by atoms with E-state index < -0.39 is 0 Å². The van der Waals surface area contributed by atoms with E-state index in [4.69, 9.17) is 0 Å². The summed E-state index contributed by atoms with van der Waals surface area (Å²) in [7, 11) is 1.71. The standard InChI is InChI=1S/C21H32N4O2/c1-6-25-17(22-23(5)19(25)27)15-8-11-24(12-9-15)18(26)21-10-7-16(13-21)20(3,4)14(21)2/h15-16H,2,6-13H2,1,3-5H3/t16-,21-/m0/s1. The quantitative estimate of drug-likeness (QED) is 0.767. The molecule has 1 amide bonds. The summed E-state index contributed by atoms with van der Waals surface area (Å²) in [4.78, 5) is 27.7. The highest BCUT2D eigenvalue weighted by Gasteiger charge is 2.61. The molecule has 2 aliphatic carbocycles. The van der Waals surface area contributed by atoms with Crippen LogP contribution in [0.4, 0.5) is 0 Å². The molecule has 3 fully saturated rings. The minimum Gasteiger partial charge on any atom is -0.342 e. The van der Waals surface area contributed by atoms with Gasteiger partial charge in [-0.25, -0.2) is 9.48 Å². The van der Waals surface area contributed by atoms with Crippen LogP contribution in [0.15, 0.2) is 16.9 Å². The molecular formula is C21H32N4O2. The maximum atomic E-state index is 13.5. The van der Waals surface area contributed by atoms with Gasteiger partial charge in [0.2, 0.25) is 5.91 Å². The number of piperidine rings is 1. The first-order valence-electron chi connectivity index (χ1n) is 10.4. The molecule has 6 nitrogen and oxygen atoms in total. The maximum absolute atomic E-state index is 13.5. The zero-order chi connectivity index (χ0) is 19.6. The largest absolute Gasteiger partial charge is 0.345 e. The fourth-order valence-corrected chi connectivity index (χ4v) is 5.89. The Balaban J connectivity index is 1.49. The second-order valence-electron chi connectivity index (χ2n) is 9.30. The van der Waals surface area contributed by atoms with Gasteiger partial charge in [0, 0.05) is 32.6 Å². The van der Waals surface area contributed by atoms with E-state index >= 15 is 0 Å². The Morgan fingerprint density at radius 1 is 1.26 bits per heavy atom. The van der Waals surface area contributed by atoms with Crippen LogP contribution in [0.25, 0.3) is 0 Å². The van der Waals surface area contributed by atoms with Crippen molar-refractivity contribution >= 4 is 5.91 Å². The van der Waals surface area contributed by atoms with Gasteiger partial charge in [0.05, 0.1) is 5.41 Å². The van der Waals surface area contributed by atoms with Crippen molar-refractivity contribution in [3.63, 3.8) is 0 Å². The van der Waals surface area contributed by atoms with Gasteiger partial charge in [0.15, 0.2) is 0 Å². The Hall–Kier alpha value is -1.85. The lowest BCUT2D eigenvalue weighted by Crippen LogP contribution is -2.47. The Bertz CT molecular complexity index is 841. The summed E-state index contributed by atoms with van der Waals surface area (Å²) < 4.78 is 3.20. The summed E-state index contributed by atoms with van der Waals surface area (Å²) in [6, 6.07) is 0. The lowest BCUT2D eigenvalue weighted by atomic mass is 9.68. The summed E-state index contributed by atoms with van der Waals surface area (Å²) in [6.07, 6.45) is 4.83. The lowest BCUT2D eigenvalue weighted by Gasteiger charge is -2.41. The van der Waals surface area contributed by atoms with Crippen molar-refractivity contribution < 1.29 is 4.79 Å². The molecule has 0 radical (unpaired) electrons. The Morgan fingerprint density at radius 2 is 1.93 bits per heavy atom. The third kappa shape index (κ3) is 2.48. The van der Waals surface area contributed by atoms with E-state index in [0.717, 1.165) is 56.6 Å². The predicted molar refractivity (Wildman–Crippen MR) is 104 cm³/mol. The summed E-state index contributed by atoms with van der Waals surface area (Å²) >= 11 is 0. The van der Waals surface area contributed by atoms with Crippen molar-refractivity contribution in [1.29, 1.82) is 0 Å². The molecule has 2 heterocycles. The van der Waals surface area contributed by atoms with Gasteiger partial charge in [-0.2, -0.15) is 5.10 Å². The second-order valence-corrected chi connectivity index (χ2v) is 9.30. The molecule has 1 aliphatic heterocycles. The van der Waals surface area contributed by atoms with Crippen molar-refractivity contribution in [1.82, 2.24) is 19.2 Å². The van der Waals surface area contributed by atoms with Crippen LogP contribution < -0.4 is 5.69 Å². The zero-order valence-electron chi connectivity index (χ0n) is 17.1. The number of rotatable bonds is 3. The number of fused-ring (bicyclic) bond motifs is 2. The average Bonchev–Trinajstić information content (AvgIpc) is 3.28. The van der Waals surface area contributed by atoms with Gasteiger partial charge in [-0.05, 0) is 50.4 Å². The third-order valence-corrected chi connectivity index (χ3v) is 7.80. The average molecular weight is 373 g/mol. The normalized spacial score (nSPS) is 30.3. The van der Waals surface area contributed by atoms with E-state index in [-0.39, 0.29) is 22.4 Å². The van der Waals surface area contributed by atoms with Crippen LogP contribution in [-0.2, 0) is 18.4 Å². The predicted octanol–water partition coefficient (Wildman–Crippen LogP) is 2.69. The molecule has 6 heteroatoms. The molecule has 1 saturated heterocycles. The highest BCUT2D eigenvalue weighted by molar-refractivity contribution is 5.87. The number of carbonyl (C=O) groups is 1. The Labute approximate surface area is 161 Å². The molecule has 3 aliphatic rings. The molecule has 2 saturated carbocycles. The number of nitrogens with zero attached hydrogens (tertiary/aromatic N) is 4. The lowest BCUT2D eigenvalue weighted by molar-refractivity contribution is -0.140. The van der Waals surface area contributed by atoms with E-state index in [1.165, 1.54) is 4.68 Å². The first kappa shape index (κ1) is 18.5. The molecule has 2 atom stereocenters. The monoisotopic (exact) mass is 372 g/mol. The van der Waals surface area contributed by atoms with Gasteiger partial charge < -0.3 is 4.90 Å². The van der Waals surface area contributed by atoms with Crippen LogP contribution in [0.5, 0.6) is 0 Å². The molecule has 0 aromatic carbocycles. The molecule has 148 valence electrons. The fraction of sp³-hybridized carbons (Fsp3) is 0.762. The fourth-order valence-electron chi connectivity index (χ4n) is 5.89. The van der Waals surface area contributed by atoms with Gasteiger partial charge in [-0.15, -0.1) is 0 Å².